The molecule has 0 bridgehead atoms. The molecular weight excluding hydrogens is 190 g/mol. The van der Waals surface area contributed by atoms with Crippen molar-refractivity contribution in [2.24, 2.45) is 11.1 Å². The Labute approximate surface area is 89.9 Å². The van der Waals surface area contributed by atoms with Gasteiger partial charge in [0.2, 0.25) is 0 Å². The number of hydrogen-bond acceptors (Lipinski definition) is 3. The third-order valence-corrected chi connectivity index (χ3v) is 3.48. The third kappa shape index (κ3) is 1.47. The Morgan fingerprint density at radius 3 is 2.47 bits per heavy atom. The monoisotopic (exact) mass is 207 g/mol. The molecule has 0 heterocycles. The van der Waals surface area contributed by atoms with E-state index < -0.39 is 0 Å². The van der Waals surface area contributed by atoms with Gasteiger partial charge in [-0.2, -0.15) is 0 Å². The summed E-state index contributed by atoms with van der Waals surface area (Å²) in [7, 11) is 1.62. The van der Waals surface area contributed by atoms with Gasteiger partial charge < -0.3 is 15.6 Å². The molecule has 1 saturated carbocycles. The van der Waals surface area contributed by atoms with Crippen LogP contribution < -0.4 is 10.5 Å². The molecular formula is C12H17NO2. The van der Waals surface area contributed by atoms with E-state index in [1.165, 1.54) is 0 Å². The molecule has 1 aromatic carbocycles. The molecule has 3 N–H and O–H groups in total. The van der Waals surface area contributed by atoms with E-state index in [4.69, 9.17) is 10.5 Å². The Hall–Kier alpha value is -1.22. The number of phenolic OH excluding ortho intramolecular Hbond substituents is 1. The van der Waals surface area contributed by atoms with Crippen molar-refractivity contribution in [1.29, 1.82) is 0 Å². The molecule has 0 spiro atoms. The van der Waals surface area contributed by atoms with Crippen LogP contribution in [0.3, 0.4) is 0 Å². The van der Waals surface area contributed by atoms with E-state index in [1.807, 2.05) is 6.07 Å². The number of phenols is 1. The smallest absolute Gasteiger partial charge is 0.119 e. The molecule has 1 aromatic rings. The molecule has 0 aromatic heterocycles. The van der Waals surface area contributed by atoms with Crippen LogP contribution in [-0.4, -0.2) is 18.3 Å². The van der Waals surface area contributed by atoms with Gasteiger partial charge in [0.15, 0.2) is 0 Å². The van der Waals surface area contributed by atoms with Crippen molar-refractivity contribution in [1.82, 2.24) is 0 Å². The van der Waals surface area contributed by atoms with E-state index >= 15 is 0 Å². The van der Waals surface area contributed by atoms with Crippen LogP contribution in [0.15, 0.2) is 18.2 Å². The average Bonchev–Trinajstić information content (AvgIpc) is 2.68. The summed E-state index contributed by atoms with van der Waals surface area (Å²) in [6.45, 7) is 4.22. The minimum absolute atomic E-state index is 0.0733. The van der Waals surface area contributed by atoms with Crippen LogP contribution in [0.1, 0.15) is 25.3 Å². The second-order valence-corrected chi connectivity index (χ2v) is 4.75. The predicted octanol–water partition coefficient (Wildman–Crippen LogP) is 1.85. The normalized spacial score (nSPS) is 27.5. The van der Waals surface area contributed by atoms with Gasteiger partial charge in [0.1, 0.15) is 11.5 Å². The lowest BCUT2D eigenvalue weighted by Crippen LogP contribution is -2.06. The van der Waals surface area contributed by atoms with Crippen LogP contribution >= 0.6 is 0 Å². The zero-order valence-corrected chi connectivity index (χ0v) is 9.32. The first-order valence-corrected chi connectivity index (χ1v) is 5.11. The number of ether oxygens (including phenoxy) is 1. The quantitative estimate of drug-likeness (QED) is 0.778. The third-order valence-electron chi connectivity index (χ3n) is 3.48. The summed E-state index contributed by atoms with van der Waals surface area (Å²) in [5, 5.41) is 9.78. The molecule has 2 rings (SSSR count). The summed E-state index contributed by atoms with van der Waals surface area (Å²) in [5.74, 6) is 1.30. The summed E-state index contributed by atoms with van der Waals surface area (Å²) in [4.78, 5) is 0. The van der Waals surface area contributed by atoms with Gasteiger partial charge >= 0.3 is 0 Å². The molecule has 0 amide bonds. The molecule has 1 aliphatic carbocycles. The molecule has 82 valence electrons. The SMILES string of the molecule is COc1ccc(O)c([C@H]2[C@H](N)C2(C)C)c1. The van der Waals surface area contributed by atoms with Crippen molar-refractivity contribution in [2.45, 2.75) is 25.8 Å². The summed E-state index contributed by atoms with van der Waals surface area (Å²) in [6.07, 6.45) is 0. The molecule has 0 radical (unpaired) electrons. The van der Waals surface area contributed by atoms with Gasteiger partial charge in [-0.25, -0.2) is 0 Å². The maximum Gasteiger partial charge on any atom is 0.119 e. The Bertz CT molecular complexity index is 387. The predicted molar refractivity (Wildman–Crippen MR) is 59.2 cm³/mol. The lowest BCUT2D eigenvalue weighted by molar-refractivity contribution is 0.410. The largest absolute Gasteiger partial charge is 0.508 e. The van der Waals surface area contributed by atoms with Crippen molar-refractivity contribution in [2.75, 3.05) is 7.11 Å². The Kier molecular flexibility index (Phi) is 2.15. The number of nitrogens with two attached hydrogens (primary N) is 1. The Balaban J connectivity index is 2.37. The molecule has 1 aliphatic rings. The van der Waals surface area contributed by atoms with Gasteiger partial charge in [0.25, 0.3) is 0 Å². The molecule has 3 heteroatoms. The van der Waals surface area contributed by atoms with E-state index in [2.05, 4.69) is 13.8 Å². The summed E-state index contributed by atoms with van der Waals surface area (Å²) in [6, 6.07) is 5.40. The highest BCUT2D eigenvalue weighted by molar-refractivity contribution is 5.47. The standard InChI is InChI=1S/C12H17NO2/c1-12(2)10(11(12)13)8-6-7(15-3)4-5-9(8)14/h4-6,10-11,14H,13H2,1-3H3/t10-,11-/m0/s1. The minimum atomic E-state index is 0.0733. The second-order valence-electron chi connectivity index (χ2n) is 4.75. The number of methoxy groups -OCH3 is 1. The summed E-state index contributed by atoms with van der Waals surface area (Å²) >= 11 is 0. The molecule has 0 unspecified atom stereocenters. The van der Waals surface area contributed by atoms with Gasteiger partial charge in [-0.1, -0.05) is 13.8 Å². The number of hydrogen-bond donors (Lipinski definition) is 2. The first-order chi connectivity index (χ1) is 6.98. The molecule has 1 fully saturated rings. The van der Waals surface area contributed by atoms with Crippen LogP contribution in [0.5, 0.6) is 11.5 Å². The number of benzene rings is 1. The first-order valence-electron chi connectivity index (χ1n) is 5.11. The molecule has 2 atom stereocenters. The number of rotatable bonds is 2. The van der Waals surface area contributed by atoms with E-state index in [9.17, 15) is 5.11 Å². The first kappa shape index (κ1) is 10.3. The Morgan fingerprint density at radius 1 is 1.40 bits per heavy atom. The van der Waals surface area contributed by atoms with Gasteiger partial charge in [0.05, 0.1) is 7.11 Å². The van der Waals surface area contributed by atoms with E-state index in [0.717, 1.165) is 11.3 Å². The van der Waals surface area contributed by atoms with Crippen molar-refractivity contribution in [3.8, 4) is 11.5 Å². The van der Waals surface area contributed by atoms with Crippen molar-refractivity contribution < 1.29 is 9.84 Å². The molecule has 0 aliphatic heterocycles. The van der Waals surface area contributed by atoms with Gasteiger partial charge in [-0.05, 0) is 23.6 Å². The summed E-state index contributed by atoms with van der Waals surface area (Å²) in [5.41, 5.74) is 6.95. The van der Waals surface area contributed by atoms with Gasteiger partial charge in [0, 0.05) is 17.5 Å². The zero-order valence-electron chi connectivity index (χ0n) is 9.32. The van der Waals surface area contributed by atoms with Crippen LogP contribution in [0.25, 0.3) is 0 Å². The van der Waals surface area contributed by atoms with E-state index in [1.54, 1.807) is 19.2 Å². The molecule has 0 saturated heterocycles. The minimum Gasteiger partial charge on any atom is -0.508 e. The fraction of sp³-hybridized carbons (Fsp3) is 0.500. The fourth-order valence-electron chi connectivity index (χ4n) is 2.18. The molecule has 3 nitrogen and oxygen atoms in total. The number of aromatic hydroxyl groups is 1. The maximum absolute atomic E-state index is 9.78. The lowest BCUT2D eigenvalue weighted by atomic mass is 10.0. The Morgan fingerprint density at radius 2 is 2.00 bits per heavy atom. The lowest BCUT2D eigenvalue weighted by Gasteiger charge is -2.08. The van der Waals surface area contributed by atoms with Crippen LogP contribution in [-0.2, 0) is 0 Å². The van der Waals surface area contributed by atoms with E-state index in [0.29, 0.717) is 5.75 Å². The van der Waals surface area contributed by atoms with Crippen molar-refractivity contribution in [3.63, 3.8) is 0 Å². The summed E-state index contributed by atoms with van der Waals surface area (Å²) < 4.78 is 5.14. The highest BCUT2D eigenvalue weighted by atomic mass is 16.5. The zero-order chi connectivity index (χ0) is 11.2. The van der Waals surface area contributed by atoms with Crippen molar-refractivity contribution in [3.05, 3.63) is 23.8 Å². The second kappa shape index (κ2) is 3.14. The van der Waals surface area contributed by atoms with Crippen LogP contribution in [0.4, 0.5) is 0 Å². The van der Waals surface area contributed by atoms with Crippen LogP contribution in [0, 0.1) is 5.41 Å². The maximum atomic E-state index is 9.78. The highest BCUT2D eigenvalue weighted by Crippen LogP contribution is 2.59. The van der Waals surface area contributed by atoms with Crippen LogP contribution in [0.2, 0.25) is 0 Å². The molecule has 15 heavy (non-hydrogen) atoms. The van der Waals surface area contributed by atoms with E-state index in [-0.39, 0.29) is 17.4 Å². The fourth-order valence-corrected chi connectivity index (χ4v) is 2.18. The van der Waals surface area contributed by atoms with Gasteiger partial charge in [-0.3, -0.25) is 0 Å². The highest BCUT2D eigenvalue weighted by Gasteiger charge is 2.57. The average molecular weight is 207 g/mol. The topological polar surface area (TPSA) is 55.5 Å². The van der Waals surface area contributed by atoms with Gasteiger partial charge in [-0.15, -0.1) is 0 Å². The van der Waals surface area contributed by atoms with Crippen molar-refractivity contribution >= 4 is 0 Å².